The topological polar surface area (TPSA) is 96.9 Å². The summed E-state index contributed by atoms with van der Waals surface area (Å²) in [4.78, 5) is 10.9. The fourth-order valence-electron chi connectivity index (χ4n) is 2.65. The number of nitrogens with zero attached hydrogens (tertiary/aromatic N) is 4. The Hall–Kier alpha value is -1.89. The Bertz CT molecular complexity index is 507. The summed E-state index contributed by atoms with van der Waals surface area (Å²) in [6, 6.07) is 1.70. The maximum Gasteiger partial charge on any atom is 0.226 e. The number of rotatable bonds is 2. The fourth-order valence-corrected chi connectivity index (χ4v) is 2.65. The Kier molecular flexibility index (Phi) is 2.98. The maximum absolute atomic E-state index is 8.74. The van der Waals surface area contributed by atoms with Gasteiger partial charge < -0.3 is 20.6 Å². The molecule has 0 radical (unpaired) electrons. The first kappa shape index (κ1) is 12.2. The van der Waals surface area contributed by atoms with Crippen LogP contribution in [0.4, 0.5) is 5.95 Å². The van der Waals surface area contributed by atoms with Gasteiger partial charge in [0.2, 0.25) is 5.95 Å². The highest BCUT2D eigenvalue weighted by Gasteiger charge is 2.34. The third-order valence-corrected chi connectivity index (χ3v) is 3.54. The SMILES string of the molecule is Cc1cc(/C(N)=N/O)nc(N2CC3CCC(C2)O3)n1. The summed E-state index contributed by atoms with van der Waals surface area (Å²) in [7, 11) is 0. The van der Waals surface area contributed by atoms with Gasteiger partial charge in [-0.15, -0.1) is 0 Å². The average molecular weight is 263 g/mol. The second-order valence-electron chi connectivity index (χ2n) is 5.04. The van der Waals surface area contributed by atoms with Crippen molar-refractivity contribution in [2.75, 3.05) is 18.0 Å². The van der Waals surface area contributed by atoms with Crippen LogP contribution in [-0.2, 0) is 4.74 Å². The first-order valence-corrected chi connectivity index (χ1v) is 6.39. The van der Waals surface area contributed by atoms with Crippen molar-refractivity contribution in [3.8, 4) is 0 Å². The van der Waals surface area contributed by atoms with Crippen LogP contribution in [0.2, 0.25) is 0 Å². The van der Waals surface area contributed by atoms with E-state index in [1.165, 1.54) is 0 Å². The highest BCUT2D eigenvalue weighted by atomic mass is 16.5. The molecule has 0 amide bonds. The minimum Gasteiger partial charge on any atom is -0.409 e. The van der Waals surface area contributed by atoms with Crippen LogP contribution in [-0.4, -0.2) is 46.3 Å². The summed E-state index contributed by atoms with van der Waals surface area (Å²) in [5.74, 6) is 0.629. The summed E-state index contributed by atoms with van der Waals surface area (Å²) in [5, 5.41) is 11.7. The van der Waals surface area contributed by atoms with E-state index < -0.39 is 0 Å². The molecule has 2 atom stereocenters. The molecule has 0 saturated carbocycles. The third-order valence-electron chi connectivity index (χ3n) is 3.54. The van der Waals surface area contributed by atoms with E-state index in [-0.39, 0.29) is 18.0 Å². The van der Waals surface area contributed by atoms with Gasteiger partial charge in [0.15, 0.2) is 5.84 Å². The monoisotopic (exact) mass is 263 g/mol. The van der Waals surface area contributed by atoms with Crippen LogP contribution < -0.4 is 10.6 Å². The molecule has 3 heterocycles. The van der Waals surface area contributed by atoms with Crippen LogP contribution in [0.3, 0.4) is 0 Å². The fraction of sp³-hybridized carbons (Fsp3) is 0.583. The summed E-state index contributed by atoms with van der Waals surface area (Å²) < 4.78 is 5.79. The van der Waals surface area contributed by atoms with Gasteiger partial charge in [-0.1, -0.05) is 5.16 Å². The lowest BCUT2D eigenvalue weighted by Crippen LogP contribution is -2.43. The normalized spacial score (nSPS) is 26.8. The zero-order valence-corrected chi connectivity index (χ0v) is 10.8. The molecule has 7 heteroatoms. The van der Waals surface area contributed by atoms with Gasteiger partial charge in [0.05, 0.1) is 12.2 Å². The highest BCUT2D eigenvalue weighted by molar-refractivity contribution is 5.95. The summed E-state index contributed by atoms with van der Waals surface area (Å²) >= 11 is 0. The predicted octanol–water partition coefficient (Wildman–Crippen LogP) is 0.247. The van der Waals surface area contributed by atoms with Crippen molar-refractivity contribution < 1.29 is 9.94 Å². The van der Waals surface area contributed by atoms with Crippen molar-refractivity contribution in [1.29, 1.82) is 0 Å². The number of amidine groups is 1. The number of nitrogens with two attached hydrogens (primary N) is 1. The van der Waals surface area contributed by atoms with Gasteiger partial charge in [0, 0.05) is 18.8 Å². The molecule has 2 aliphatic rings. The zero-order valence-electron chi connectivity index (χ0n) is 10.8. The molecular formula is C12H17N5O2. The van der Waals surface area contributed by atoms with E-state index in [4.69, 9.17) is 15.7 Å². The number of ether oxygens (including phenoxy) is 1. The highest BCUT2D eigenvalue weighted by Crippen LogP contribution is 2.28. The second-order valence-corrected chi connectivity index (χ2v) is 5.04. The van der Waals surface area contributed by atoms with E-state index in [1.807, 2.05) is 6.92 Å². The number of anilines is 1. The van der Waals surface area contributed by atoms with Gasteiger partial charge in [-0.2, -0.15) is 0 Å². The number of aromatic nitrogens is 2. The van der Waals surface area contributed by atoms with Crippen LogP contribution in [0.15, 0.2) is 11.2 Å². The molecule has 2 unspecified atom stereocenters. The standard InChI is InChI=1S/C12H17N5O2/c1-7-4-10(11(13)16-18)15-12(14-7)17-5-8-2-3-9(6-17)19-8/h4,8-9,18H,2-3,5-6H2,1H3,(H2,13,16). The Morgan fingerprint density at radius 1 is 1.42 bits per heavy atom. The molecule has 102 valence electrons. The van der Waals surface area contributed by atoms with E-state index >= 15 is 0 Å². The average Bonchev–Trinajstić information content (AvgIpc) is 2.75. The summed E-state index contributed by atoms with van der Waals surface area (Å²) in [5.41, 5.74) is 6.84. The van der Waals surface area contributed by atoms with Crippen LogP contribution in [0.1, 0.15) is 24.2 Å². The third kappa shape index (κ3) is 2.33. The van der Waals surface area contributed by atoms with Crippen LogP contribution in [0.5, 0.6) is 0 Å². The molecule has 7 nitrogen and oxygen atoms in total. The van der Waals surface area contributed by atoms with Crippen LogP contribution >= 0.6 is 0 Å². The van der Waals surface area contributed by atoms with Crippen molar-refractivity contribution >= 4 is 11.8 Å². The molecule has 0 aliphatic carbocycles. The predicted molar refractivity (Wildman–Crippen MR) is 69.4 cm³/mol. The summed E-state index contributed by atoms with van der Waals surface area (Å²) in [6.07, 6.45) is 2.74. The number of hydrogen-bond donors (Lipinski definition) is 2. The van der Waals surface area contributed by atoms with Gasteiger partial charge in [-0.25, -0.2) is 9.97 Å². The molecule has 2 aliphatic heterocycles. The number of oxime groups is 1. The molecule has 0 spiro atoms. The molecular weight excluding hydrogens is 246 g/mol. The van der Waals surface area contributed by atoms with Gasteiger partial charge in [0.25, 0.3) is 0 Å². The number of morpholine rings is 1. The van der Waals surface area contributed by atoms with Gasteiger partial charge in [0.1, 0.15) is 5.69 Å². The maximum atomic E-state index is 8.74. The lowest BCUT2D eigenvalue weighted by atomic mass is 10.2. The van der Waals surface area contributed by atoms with Crippen LogP contribution in [0, 0.1) is 6.92 Å². The van der Waals surface area contributed by atoms with Gasteiger partial charge in [-0.05, 0) is 25.8 Å². The number of aryl methyl sites for hydroxylation is 1. The Balaban J connectivity index is 1.90. The smallest absolute Gasteiger partial charge is 0.226 e. The second kappa shape index (κ2) is 4.65. The van der Waals surface area contributed by atoms with Gasteiger partial charge >= 0.3 is 0 Å². The minimum absolute atomic E-state index is 0.00276. The van der Waals surface area contributed by atoms with Crippen molar-refractivity contribution in [1.82, 2.24) is 9.97 Å². The first-order chi connectivity index (χ1) is 9.15. The van der Waals surface area contributed by atoms with Crippen molar-refractivity contribution in [2.45, 2.75) is 32.0 Å². The largest absolute Gasteiger partial charge is 0.409 e. The van der Waals surface area contributed by atoms with Crippen molar-refractivity contribution in [3.05, 3.63) is 17.5 Å². The molecule has 1 aromatic rings. The molecule has 19 heavy (non-hydrogen) atoms. The first-order valence-electron chi connectivity index (χ1n) is 6.39. The van der Waals surface area contributed by atoms with Crippen LogP contribution in [0.25, 0.3) is 0 Å². The Labute approximate surface area is 111 Å². The lowest BCUT2D eigenvalue weighted by molar-refractivity contribution is 0.0299. The minimum atomic E-state index is 0.00276. The molecule has 2 fully saturated rings. The molecule has 3 N–H and O–H groups in total. The van der Waals surface area contributed by atoms with E-state index in [2.05, 4.69) is 20.0 Å². The molecule has 2 saturated heterocycles. The Morgan fingerprint density at radius 3 is 2.74 bits per heavy atom. The van der Waals surface area contributed by atoms with E-state index in [0.29, 0.717) is 11.6 Å². The summed E-state index contributed by atoms with van der Waals surface area (Å²) in [6.45, 7) is 3.47. The zero-order chi connectivity index (χ0) is 13.4. The van der Waals surface area contributed by atoms with E-state index in [0.717, 1.165) is 31.6 Å². The molecule has 2 bridgehead atoms. The molecule has 3 rings (SSSR count). The van der Waals surface area contributed by atoms with Gasteiger partial charge in [-0.3, -0.25) is 0 Å². The Morgan fingerprint density at radius 2 is 2.11 bits per heavy atom. The lowest BCUT2D eigenvalue weighted by Gasteiger charge is -2.32. The molecule has 0 aromatic carbocycles. The quantitative estimate of drug-likeness (QED) is 0.343. The number of hydrogen-bond acceptors (Lipinski definition) is 6. The van der Waals surface area contributed by atoms with Crippen molar-refractivity contribution in [2.24, 2.45) is 10.9 Å². The van der Waals surface area contributed by atoms with E-state index in [1.54, 1.807) is 6.07 Å². The van der Waals surface area contributed by atoms with E-state index in [9.17, 15) is 0 Å². The van der Waals surface area contributed by atoms with Crippen molar-refractivity contribution in [3.63, 3.8) is 0 Å². The molecule has 1 aromatic heterocycles. The number of fused-ring (bicyclic) bond motifs is 2.